The van der Waals surface area contributed by atoms with Gasteiger partial charge in [0.25, 0.3) is 0 Å². The zero-order chi connectivity index (χ0) is 30.0. The highest BCUT2D eigenvalue weighted by molar-refractivity contribution is 5.15. The van der Waals surface area contributed by atoms with Gasteiger partial charge in [-0.25, -0.2) is 0 Å². The fourth-order valence-electron chi connectivity index (χ4n) is 4.80. The van der Waals surface area contributed by atoms with E-state index in [0.717, 1.165) is 16.7 Å². The summed E-state index contributed by atoms with van der Waals surface area (Å²) in [4.78, 5) is 0. The fourth-order valence-corrected chi connectivity index (χ4v) is 4.80. The summed E-state index contributed by atoms with van der Waals surface area (Å²) in [5.74, 6) is 0. The van der Waals surface area contributed by atoms with Crippen molar-refractivity contribution < 1.29 is 37.9 Å². The lowest BCUT2D eigenvalue weighted by molar-refractivity contribution is -0.186. The van der Waals surface area contributed by atoms with Gasteiger partial charge in [-0.3, -0.25) is 0 Å². The quantitative estimate of drug-likeness (QED) is 0.182. The lowest BCUT2D eigenvalue weighted by Crippen LogP contribution is -2.45. The summed E-state index contributed by atoms with van der Waals surface area (Å²) in [6.45, 7) is 4.21. The van der Waals surface area contributed by atoms with E-state index in [2.05, 4.69) is 0 Å². The van der Waals surface area contributed by atoms with Crippen molar-refractivity contribution in [3.05, 3.63) is 108 Å². The van der Waals surface area contributed by atoms with Crippen LogP contribution in [0.5, 0.6) is 0 Å². The van der Waals surface area contributed by atoms with Crippen molar-refractivity contribution in [1.82, 2.24) is 0 Å². The highest BCUT2D eigenvalue weighted by atomic mass is 16.7. The van der Waals surface area contributed by atoms with Crippen LogP contribution in [0.1, 0.15) is 16.7 Å². The molecule has 0 aromatic heterocycles. The monoisotopic (exact) mass is 595 g/mol. The van der Waals surface area contributed by atoms with Gasteiger partial charge in [0.1, 0.15) is 24.4 Å². The van der Waals surface area contributed by atoms with E-state index in [4.69, 9.17) is 43.6 Å². The molecule has 5 atom stereocenters. The van der Waals surface area contributed by atoms with E-state index >= 15 is 0 Å². The van der Waals surface area contributed by atoms with Gasteiger partial charge in [-0.05, 0) is 16.7 Å². The number of methoxy groups -OCH3 is 1. The molecule has 1 fully saturated rings. The molecule has 0 bridgehead atoms. The molecular formula is C34H45NO8. The van der Waals surface area contributed by atoms with E-state index < -0.39 is 30.7 Å². The number of benzene rings is 3. The molecular weight excluding hydrogens is 550 g/mol. The minimum atomic E-state index is -0.657. The van der Waals surface area contributed by atoms with Crippen molar-refractivity contribution in [2.24, 2.45) is 5.73 Å². The molecule has 0 spiro atoms. The van der Waals surface area contributed by atoms with Crippen molar-refractivity contribution in [3.63, 3.8) is 0 Å². The molecule has 1 aliphatic heterocycles. The average Bonchev–Trinajstić information content (AvgIpc) is 3.41. The molecule has 1 saturated heterocycles. The topological polar surface area (TPSA) is 99.9 Å². The standard InChI is InChI=1S/C34H45NO8/c1-36-34-33(40-22-21-38-20-19-37-18-17-35)32(42-25-29-15-9-4-10-16-29)31(43-34)30(41-24-28-13-7-3-8-14-28)26-39-23-27-11-5-2-6-12-27/h2-16,30-34H,17-26,35H2,1H3/t30-,31-,32+,33-,34?/m1/s1. The summed E-state index contributed by atoms with van der Waals surface area (Å²) in [5.41, 5.74) is 8.64. The Morgan fingerprint density at radius 1 is 0.628 bits per heavy atom. The molecule has 1 aliphatic rings. The van der Waals surface area contributed by atoms with E-state index in [1.165, 1.54) is 0 Å². The van der Waals surface area contributed by atoms with E-state index in [0.29, 0.717) is 66.0 Å². The Hall–Kier alpha value is -2.70. The van der Waals surface area contributed by atoms with E-state index in [1.807, 2.05) is 91.0 Å². The third kappa shape index (κ3) is 11.4. The van der Waals surface area contributed by atoms with Gasteiger partial charge in [0.05, 0.1) is 59.5 Å². The molecule has 2 N–H and O–H groups in total. The Labute approximate surface area is 255 Å². The number of nitrogens with two attached hydrogens (primary N) is 1. The second kappa shape index (κ2) is 19.6. The summed E-state index contributed by atoms with van der Waals surface area (Å²) in [6.07, 6.45) is -2.61. The molecule has 4 rings (SSSR count). The largest absolute Gasteiger partial charge is 0.378 e. The first-order chi connectivity index (χ1) is 21.3. The summed E-state index contributed by atoms with van der Waals surface area (Å²) < 4.78 is 48.7. The van der Waals surface area contributed by atoms with Gasteiger partial charge in [-0.1, -0.05) is 91.0 Å². The Balaban J connectivity index is 1.45. The second-order valence-electron chi connectivity index (χ2n) is 10.2. The van der Waals surface area contributed by atoms with Crippen molar-refractivity contribution >= 4 is 0 Å². The van der Waals surface area contributed by atoms with Gasteiger partial charge in [0.15, 0.2) is 6.29 Å². The number of ether oxygens (including phenoxy) is 8. The van der Waals surface area contributed by atoms with Crippen LogP contribution in [0, 0.1) is 0 Å². The van der Waals surface area contributed by atoms with Gasteiger partial charge < -0.3 is 43.6 Å². The van der Waals surface area contributed by atoms with E-state index in [9.17, 15) is 0 Å². The number of rotatable bonds is 21. The molecule has 0 radical (unpaired) electrons. The fraction of sp³-hybridized carbons (Fsp3) is 0.471. The lowest BCUT2D eigenvalue weighted by atomic mass is 10.0. The maximum atomic E-state index is 6.53. The molecule has 0 aliphatic carbocycles. The lowest BCUT2D eigenvalue weighted by Gasteiger charge is -2.29. The summed E-state index contributed by atoms with van der Waals surface area (Å²) in [6, 6.07) is 30.1. The van der Waals surface area contributed by atoms with E-state index in [-0.39, 0.29) is 0 Å². The van der Waals surface area contributed by atoms with Gasteiger partial charge in [0.2, 0.25) is 0 Å². The van der Waals surface area contributed by atoms with Gasteiger partial charge in [0, 0.05) is 13.7 Å². The number of hydrogen-bond acceptors (Lipinski definition) is 9. The van der Waals surface area contributed by atoms with Gasteiger partial charge in [-0.2, -0.15) is 0 Å². The first kappa shape index (κ1) is 33.2. The Bertz CT molecular complexity index is 1110. The predicted octanol–water partition coefficient (Wildman–Crippen LogP) is 4.12. The minimum absolute atomic E-state index is 0.298. The van der Waals surface area contributed by atoms with Crippen molar-refractivity contribution in [1.29, 1.82) is 0 Å². The van der Waals surface area contributed by atoms with Crippen LogP contribution in [-0.2, 0) is 57.7 Å². The maximum Gasteiger partial charge on any atom is 0.186 e. The summed E-state index contributed by atoms with van der Waals surface area (Å²) >= 11 is 0. The SMILES string of the molecule is COC1O[C@H]([C@@H](COCc2ccccc2)OCc2ccccc2)[C@H](OCc2ccccc2)[C@H]1OCCOCCOCCN. The zero-order valence-corrected chi connectivity index (χ0v) is 25.0. The van der Waals surface area contributed by atoms with Gasteiger partial charge >= 0.3 is 0 Å². The minimum Gasteiger partial charge on any atom is -0.378 e. The molecule has 0 amide bonds. The Morgan fingerprint density at radius 2 is 1.19 bits per heavy atom. The van der Waals surface area contributed by atoms with Crippen LogP contribution >= 0.6 is 0 Å². The van der Waals surface area contributed by atoms with Crippen LogP contribution in [0.25, 0.3) is 0 Å². The van der Waals surface area contributed by atoms with Crippen LogP contribution in [0.15, 0.2) is 91.0 Å². The molecule has 43 heavy (non-hydrogen) atoms. The first-order valence-corrected chi connectivity index (χ1v) is 14.9. The third-order valence-electron chi connectivity index (χ3n) is 6.96. The van der Waals surface area contributed by atoms with Crippen LogP contribution < -0.4 is 5.73 Å². The first-order valence-electron chi connectivity index (χ1n) is 14.9. The average molecular weight is 596 g/mol. The van der Waals surface area contributed by atoms with Gasteiger partial charge in [-0.15, -0.1) is 0 Å². The molecule has 9 nitrogen and oxygen atoms in total. The molecule has 9 heteroatoms. The zero-order valence-electron chi connectivity index (χ0n) is 25.0. The summed E-state index contributed by atoms with van der Waals surface area (Å²) in [7, 11) is 1.61. The third-order valence-corrected chi connectivity index (χ3v) is 6.96. The van der Waals surface area contributed by atoms with E-state index in [1.54, 1.807) is 7.11 Å². The van der Waals surface area contributed by atoms with Crippen LogP contribution in [-0.4, -0.2) is 84.0 Å². The molecule has 0 saturated carbocycles. The Kier molecular flexibility index (Phi) is 15.1. The van der Waals surface area contributed by atoms with Crippen molar-refractivity contribution in [2.75, 3.05) is 53.3 Å². The van der Waals surface area contributed by atoms with Crippen molar-refractivity contribution in [2.45, 2.75) is 50.5 Å². The molecule has 3 aromatic carbocycles. The molecule has 1 heterocycles. The maximum absolute atomic E-state index is 6.53. The smallest absolute Gasteiger partial charge is 0.186 e. The molecule has 1 unspecified atom stereocenters. The highest BCUT2D eigenvalue weighted by Gasteiger charge is 2.50. The number of hydrogen-bond donors (Lipinski definition) is 1. The normalized spacial score (nSPS) is 20.8. The molecule has 3 aromatic rings. The van der Waals surface area contributed by atoms with Crippen LogP contribution in [0.3, 0.4) is 0 Å². The second-order valence-corrected chi connectivity index (χ2v) is 10.2. The predicted molar refractivity (Wildman–Crippen MR) is 162 cm³/mol. The Morgan fingerprint density at radius 3 is 1.79 bits per heavy atom. The molecule has 234 valence electrons. The van der Waals surface area contributed by atoms with Crippen molar-refractivity contribution in [3.8, 4) is 0 Å². The highest BCUT2D eigenvalue weighted by Crippen LogP contribution is 2.32. The van der Waals surface area contributed by atoms with Crippen LogP contribution in [0.4, 0.5) is 0 Å². The summed E-state index contributed by atoms with van der Waals surface area (Å²) in [5, 5.41) is 0. The van der Waals surface area contributed by atoms with Crippen LogP contribution in [0.2, 0.25) is 0 Å².